The fraction of sp³-hybridized carbons (Fsp3) is 0.519. The van der Waals surface area contributed by atoms with Crippen LogP contribution in [-0.4, -0.2) is 98.3 Å². The minimum absolute atomic E-state index is 0.0100. The standard InChI is InChI=1S/C27H33ClO11/c1-3-36-16-7-4-13(5-8-16)10-15-11-14(6-9-17(15)28)23-22(33)24(18(29)12(2)37-23)38-27-21(32)19(30)20(31)25(39-27)26(34)35/h4-9,11-12,18-25,27,29-33H,3,10H2,1-2H3,(H,34,35)/t12-,18-,19+,20+,21-,22+,23+,24+,25+,27-/m1/s1/i1D3,3D2. The predicted octanol–water partition coefficient (Wildman–Crippen LogP) is 0.788. The van der Waals surface area contributed by atoms with Gasteiger partial charge in [0.05, 0.1) is 15.4 Å². The van der Waals surface area contributed by atoms with Crippen LogP contribution in [0.2, 0.25) is 5.02 Å². The van der Waals surface area contributed by atoms with Gasteiger partial charge in [-0.25, -0.2) is 4.79 Å². The van der Waals surface area contributed by atoms with E-state index < -0.39 is 80.6 Å². The second-order valence-electron chi connectivity index (χ2n) is 9.45. The average molecular weight is 574 g/mol. The highest BCUT2D eigenvalue weighted by Gasteiger charge is 2.51. The van der Waals surface area contributed by atoms with E-state index >= 15 is 0 Å². The lowest BCUT2D eigenvalue weighted by Crippen LogP contribution is -2.63. The summed E-state index contributed by atoms with van der Waals surface area (Å²) in [6, 6.07) is 10.9. The molecule has 10 atom stereocenters. The molecule has 0 spiro atoms. The molecule has 2 heterocycles. The molecule has 2 aliphatic rings. The third kappa shape index (κ3) is 6.37. The maximum Gasteiger partial charge on any atom is 0.335 e. The molecule has 0 bridgehead atoms. The Bertz CT molecular complexity index is 1310. The summed E-state index contributed by atoms with van der Waals surface area (Å²) in [6.07, 6.45) is -15.9. The number of aliphatic carboxylic acids is 1. The van der Waals surface area contributed by atoms with Crippen molar-refractivity contribution in [3.8, 4) is 5.75 Å². The third-order valence-corrected chi connectivity index (χ3v) is 7.18. The molecule has 2 fully saturated rings. The lowest BCUT2D eigenvalue weighted by Gasteiger charge is -2.45. The highest BCUT2D eigenvalue weighted by molar-refractivity contribution is 6.31. The first-order valence-electron chi connectivity index (χ1n) is 14.6. The van der Waals surface area contributed by atoms with Crippen molar-refractivity contribution in [2.24, 2.45) is 0 Å². The molecule has 0 aromatic heterocycles. The van der Waals surface area contributed by atoms with Crippen molar-refractivity contribution in [3.05, 3.63) is 64.2 Å². The van der Waals surface area contributed by atoms with Crippen molar-refractivity contribution < 1.29 is 61.2 Å². The number of hydrogen-bond acceptors (Lipinski definition) is 10. The molecule has 0 amide bonds. The molecule has 0 aliphatic carbocycles. The van der Waals surface area contributed by atoms with Crippen LogP contribution < -0.4 is 4.74 Å². The van der Waals surface area contributed by atoms with Crippen LogP contribution >= 0.6 is 11.6 Å². The lowest BCUT2D eigenvalue weighted by molar-refractivity contribution is -0.335. The minimum Gasteiger partial charge on any atom is -0.494 e. The molecule has 2 aromatic rings. The normalized spacial score (nSPS) is 37.6. The molecular weight excluding hydrogens is 536 g/mol. The van der Waals surface area contributed by atoms with Crippen molar-refractivity contribution in [3.63, 3.8) is 0 Å². The first-order chi connectivity index (χ1) is 20.4. The van der Waals surface area contributed by atoms with Crippen molar-refractivity contribution in [1.82, 2.24) is 0 Å². The molecule has 4 rings (SSSR count). The molecule has 2 saturated heterocycles. The second kappa shape index (κ2) is 12.5. The van der Waals surface area contributed by atoms with Gasteiger partial charge >= 0.3 is 5.97 Å². The van der Waals surface area contributed by atoms with Gasteiger partial charge in [0.25, 0.3) is 0 Å². The van der Waals surface area contributed by atoms with Crippen molar-refractivity contribution in [2.45, 2.75) is 81.4 Å². The van der Waals surface area contributed by atoms with Gasteiger partial charge in [0.1, 0.15) is 48.5 Å². The summed E-state index contributed by atoms with van der Waals surface area (Å²) in [4.78, 5) is 11.5. The van der Waals surface area contributed by atoms with E-state index in [1.165, 1.54) is 19.1 Å². The number of rotatable bonds is 8. The van der Waals surface area contributed by atoms with Crippen LogP contribution in [0.3, 0.4) is 0 Å². The zero-order valence-electron chi connectivity index (χ0n) is 25.6. The summed E-state index contributed by atoms with van der Waals surface area (Å²) in [6.45, 7) is -4.37. The van der Waals surface area contributed by atoms with Gasteiger partial charge in [-0.15, -0.1) is 0 Å². The number of hydrogen-bond donors (Lipinski definition) is 6. The zero-order chi connectivity index (χ0) is 32.7. The third-order valence-electron chi connectivity index (χ3n) is 6.81. The highest BCUT2D eigenvalue weighted by Crippen LogP contribution is 2.37. The average Bonchev–Trinajstić information content (AvgIpc) is 2.94. The van der Waals surface area contributed by atoms with E-state index in [0.29, 0.717) is 21.7 Å². The number of carboxylic acids is 1. The van der Waals surface area contributed by atoms with Crippen LogP contribution in [0.15, 0.2) is 42.5 Å². The van der Waals surface area contributed by atoms with Gasteiger partial charge in [-0.2, -0.15) is 0 Å². The molecule has 39 heavy (non-hydrogen) atoms. The first kappa shape index (κ1) is 23.4. The second-order valence-corrected chi connectivity index (χ2v) is 9.86. The van der Waals surface area contributed by atoms with Crippen LogP contribution in [0.5, 0.6) is 5.75 Å². The molecule has 0 radical (unpaired) electrons. The summed E-state index contributed by atoms with van der Waals surface area (Å²) in [5.74, 6) is -1.61. The Labute approximate surface area is 237 Å². The molecule has 2 aromatic carbocycles. The summed E-state index contributed by atoms with van der Waals surface area (Å²) in [5.41, 5.74) is 1.73. The number of aliphatic hydroxyl groups is 5. The Balaban J connectivity index is 1.52. The predicted molar refractivity (Wildman–Crippen MR) is 136 cm³/mol. The molecule has 214 valence electrons. The fourth-order valence-corrected chi connectivity index (χ4v) is 4.84. The van der Waals surface area contributed by atoms with E-state index in [-0.39, 0.29) is 12.2 Å². The van der Waals surface area contributed by atoms with E-state index in [0.717, 1.165) is 0 Å². The van der Waals surface area contributed by atoms with Gasteiger partial charge in [-0.1, -0.05) is 35.9 Å². The van der Waals surface area contributed by atoms with Crippen LogP contribution in [-0.2, 0) is 25.4 Å². The van der Waals surface area contributed by atoms with E-state index in [9.17, 15) is 35.4 Å². The van der Waals surface area contributed by atoms with Crippen molar-refractivity contribution >= 4 is 17.6 Å². The van der Waals surface area contributed by atoms with Gasteiger partial charge in [0.15, 0.2) is 12.4 Å². The van der Waals surface area contributed by atoms with Crippen LogP contribution in [0.25, 0.3) is 0 Å². The molecule has 12 heteroatoms. The zero-order valence-corrected chi connectivity index (χ0v) is 21.4. The number of aliphatic hydroxyl groups excluding tert-OH is 5. The molecule has 0 unspecified atom stereocenters. The summed E-state index contributed by atoms with van der Waals surface area (Å²) in [5, 5.41) is 62.1. The highest BCUT2D eigenvalue weighted by atomic mass is 35.5. The van der Waals surface area contributed by atoms with Gasteiger partial charge in [-0.3, -0.25) is 0 Å². The van der Waals surface area contributed by atoms with Crippen LogP contribution in [0, 0.1) is 0 Å². The van der Waals surface area contributed by atoms with E-state index in [1.54, 1.807) is 30.3 Å². The lowest BCUT2D eigenvalue weighted by atomic mass is 9.90. The van der Waals surface area contributed by atoms with Gasteiger partial charge in [-0.05, 0) is 55.1 Å². The summed E-state index contributed by atoms with van der Waals surface area (Å²) >= 11 is 6.44. The van der Waals surface area contributed by atoms with E-state index in [2.05, 4.69) is 0 Å². The quantitative estimate of drug-likeness (QED) is 0.263. The molecule has 6 N–H and O–H groups in total. The smallest absolute Gasteiger partial charge is 0.335 e. The summed E-state index contributed by atoms with van der Waals surface area (Å²) in [7, 11) is 0. The van der Waals surface area contributed by atoms with Crippen molar-refractivity contribution in [2.75, 3.05) is 6.56 Å². The Hall–Kier alpha value is -2.32. The Kier molecular flexibility index (Phi) is 7.47. The number of benzene rings is 2. The maximum atomic E-state index is 11.5. The molecular formula is C27H33ClO11. The first-order valence-corrected chi connectivity index (χ1v) is 12.4. The maximum absolute atomic E-state index is 11.5. The number of carbonyl (C=O) groups is 1. The topological polar surface area (TPSA) is 175 Å². The monoisotopic (exact) mass is 573 g/mol. The molecule has 0 saturated carbocycles. The number of carboxylic acid groups (broad SMARTS) is 1. The van der Waals surface area contributed by atoms with Crippen molar-refractivity contribution in [1.29, 1.82) is 0 Å². The number of halogens is 1. The number of ether oxygens (including phenoxy) is 4. The van der Waals surface area contributed by atoms with E-state index in [4.69, 9.17) is 37.4 Å². The Morgan fingerprint density at radius 2 is 1.72 bits per heavy atom. The Morgan fingerprint density at radius 1 is 1.00 bits per heavy atom. The SMILES string of the molecule is [2H]C([2H])([2H])C([2H])([2H])Oc1ccc(Cc2cc([C@@H]3O[C@H](C)[C@@H](O)[C@H](O[C@@H]4O[C@H](C(=O)O)[C@@H](O)[C@H](O)[C@H]4O)[C@H]3O)ccc2Cl)cc1. The van der Waals surface area contributed by atoms with Crippen LogP contribution in [0.4, 0.5) is 0 Å². The largest absolute Gasteiger partial charge is 0.494 e. The Morgan fingerprint density at radius 3 is 2.38 bits per heavy atom. The minimum atomic E-state index is -2.99. The van der Waals surface area contributed by atoms with Crippen LogP contribution in [0.1, 0.15) is 43.4 Å². The van der Waals surface area contributed by atoms with Gasteiger partial charge < -0.3 is 49.6 Å². The van der Waals surface area contributed by atoms with Gasteiger partial charge in [0.2, 0.25) is 0 Å². The van der Waals surface area contributed by atoms with Gasteiger partial charge in [0, 0.05) is 9.13 Å². The summed E-state index contributed by atoms with van der Waals surface area (Å²) < 4.78 is 58.7. The molecule has 11 nitrogen and oxygen atoms in total. The van der Waals surface area contributed by atoms with E-state index in [1.807, 2.05) is 0 Å². The fourth-order valence-electron chi connectivity index (χ4n) is 4.65. The molecule has 2 aliphatic heterocycles.